The van der Waals surface area contributed by atoms with Crippen LogP contribution in [0.25, 0.3) is 21.2 Å². The van der Waals surface area contributed by atoms with E-state index >= 15 is 0 Å². The van der Waals surface area contributed by atoms with E-state index in [-0.39, 0.29) is 11.3 Å². The van der Waals surface area contributed by atoms with Crippen LogP contribution in [0.1, 0.15) is 28.2 Å². The summed E-state index contributed by atoms with van der Waals surface area (Å²) in [6.07, 6.45) is 4.77. The number of ether oxygens (including phenoxy) is 1. The molecule has 144 valence electrons. The number of aliphatic carboxylic acids is 1. The van der Waals surface area contributed by atoms with Crippen LogP contribution in [0.3, 0.4) is 0 Å². The average molecular weight is 414 g/mol. The number of carboxylic acids is 1. The Labute approximate surface area is 169 Å². The first-order valence-corrected chi connectivity index (χ1v) is 10.6. The Hall–Kier alpha value is -2.58. The molecule has 0 unspecified atom stereocenters. The van der Waals surface area contributed by atoms with Gasteiger partial charge in [0.25, 0.3) is 5.56 Å². The molecule has 1 N–H and O–H groups in total. The quantitative estimate of drug-likeness (QED) is 0.667. The first-order chi connectivity index (χ1) is 13.5. The summed E-state index contributed by atoms with van der Waals surface area (Å²) < 4.78 is 5.16. The Kier molecular flexibility index (Phi) is 5.23. The number of thioether (sulfide) groups is 1. The molecular formula is C20H17N2O4S2-. The van der Waals surface area contributed by atoms with Gasteiger partial charge < -0.3 is 19.6 Å². The Morgan fingerprint density at radius 2 is 2.14 bits per heavy atom. The minimum Gasteiger partial charge on any atom is -0.549 e. The molecule has 3 aromatic rings. The van der Waals surface area contributed by atoms with Crippen molar-refractivity contribution in [3.8, 4) is 5.75 Å². The second-order valence-electron chi connectivity index (χ2n) is 6.39. The molecule has 0 radical (unpaired) electrons. The van der Waals surface area contributed by atoms with Crippen LogP contribution < -0.4 is 15.4 Å². The van der Waals surface area contributed by atoms with Gasteiger partial charge >= 0.3 is 0 Å². The number of nitrogens with one attached hydrogen (secondary N) is 1. The normalized spacial score (nSPS) is 13.7. The van der Waals surface area contributed by atoms with E-state index in [0.717, 1.165) is 47.9 Å². The summed E-state index contributed by atoms with van der Waals surface area (Å²) in [5.41, 5.74) is 1.79. The summed E-state index contributed by atoms with van der Waals surface area (Å²) in [6.45, 7) is 0. The lowest BCUT2D eigenvalue weighted by molar-refractivity contribution is -0.301. The van der Waals surface area contributed by atoms with E-state index in [1.54, 1.807) is 24.5 Å². The van der Waals surface area contributed by atoms with E-state index in [4.69, 9.17) is 4.74 Å². The molecule has 0 bridgehead atoms. The molecule has 8 heteroatoms. The van der Waals surface area contributed by atoms with E-state index in [2.05, 4.69) is 9.97 Å². The Morgan fingerprint density at radius 3 is 2.86 bits per heavy atom. The third-order valence-corrected chi connectivity index (χ3v) is 6.76. The lowest BCUT2D eigenvalue weighted by Gasteiger charge is -2.08. The van der Waals surface area contributed by atoms with Crippen molar-refractivity contribution in [2.24, 2.45) is 0 Å². The second kappa shape index (κ2) is 7.81. The lowest BCUT2D eigenvalue weighted by Crippen LogP contribution is -2.24. The zero-order valence-electron chi connectivity index (χ0n) is 15.1. The molecule has 28 heavy (non-hydrogen) atoms. The number of aromatic nitrogens is 2. The van der Waals surface area contributed by atoms with Gasteiger partial charge in [-0.05, 0) is 48.6 Å². The van der Waals surface area contributed by atoms with E-state index in [1.165, 1.54) is 4.88 Å². The molecule has 6 nitrogen and oxygen atoms in total. The van der Waals surface area contributed by atoms with Crippen molar-refractivity contribution in [1.29, 1.82) is 0 Å². The van der Waals surface area contributed by atoms with E-state index in [0.29, 0.717) is 20.9 Å². The van der Waals surface area contributed by atoms with Gasteiger partial charge in [-0.1, -0.05) is 12.1 Å². The Morgan fingerprint density at radius 1 is 1.36 bits per heavy atom. The van der Waals surface area contributed by atoms with Crippen LogP contribution in [0.15, 0.2) is 29.1 Å². The monoisotopic (exact) mass is 413 g/mol. The maximum Gasteiger partial charge on any atom is 0.260 e. The fourth-order valence-electron chi connectivity index (χ4n) is 3.29. The minimum absolute atomic E-state index is 0.172. The number of rotatable bonds is 6. The second-order valence-corrected chi connectivity index (χ2v) is 8.50. The van der Waals surface area contributed by atoms with Gasteiger partial charge in [0, 0.05) is 10.6 Å². The van der Waals surface area contributed by atoms with Gasteiger partial charge in [-0.2, -0.15) is 0 Å². The van der Waals surface area contributed by atoms with Crippen LogP contribution in [-0.2, 0) is 17.6 Å². The highest BCUT2D eigenvalue weighted by Gasteiger charge is 2.21. The maximum absolute atomic E-state index is 12.7. The summed E-state index contributed by atoms with van der Waals surface area (Å²) in [5.74, 6) is -0.309. The van der Waals surface area contributed by atoms with Gasteiger partial charge in [0.2, 0.25) is 0 Å². The number of hydrogen-bond donors (Lipinski definition) is 1. The highest BCUT2D eigenvalue weighted by molar-refractivity contribution is 8.09. The molecule has 2 aromatic heterocycles. The molecule has 0 saturated carbocycles. The molecule has 0 saturated heterocycles. The molecule has 0 amide bonds. The molecule has 0 spiro atoms. The molecule has 1 aliphatic carbocycles. The number of fused-ring (bicyclic) bond motifs is 3. The number of methoxy groups -OCH3 is 1. The topological polar surface area (TPSA) is 95.1 Å². The zero-order valence-corrected chi connectivity index (χ0v) is 16.7. The molecule has 1 aliphatic rings. The van der Waals surface area contributed by atoms with Crippen LogP contribution in [-0.4, -0.2) is 28.8 Å². The minimum atomic E-state index is -1.18. The fraction of sp³-hybridized carbons (Fsp3) is 0.250. The fourth-order valence-corrected chi connectivity index (χ4v) is 5.27. The van der Waals surface area contributed by atoms with Crippen molar-refractivity contribution < 1.29 is 14.6 Å². The molecule has 4 rings (SSSR count). The number of H-pyrrole nitrogens is 1. The number of carboxylic acid groups (broad SMARTS) is 1. The lowest BCUT2D eigenvalue weighted by atomic mass is 10.2. The third kappa shape index (κ3) is 3.70. The van der Waals surface area contributed by atoms with Crippen molar-refractivity contribution in [2.45, 2.75) is 19.3 Å². The van der Waals surface area contributed by atoms with Crippen LogP contribution in [0.5, 0.6) is 5.75 Å². The van der Waals surface area contributed by atoms with Crippen LogP contribution in [0, 0.1) is 0 Å². The number of nitrogens with zero attached hydrogens (tertiary/aromatic N) is 1. The number of aromatic amines is 1. The van der Waals surface area contributed by atoms with Crippen molar-refractivity contribution in [2.75, 3.05) is 12.9 Å². The number of carbonyl (C=O) groups excluding carboxylic acids is 1. The SMILES string of the molecule is COc1ccc(/C=C(\SCC(=O)[O-])c2nc3sc4c(c3c(=O)[nH]2)CCC4)cc1. The highest BCUT2D eigenvalue weighted by atomic mass is 32.2. The van der Waals surface area contributed by atoms with Gasteiger partial charge in [0.1, 0.15) is 16.4 Å². The largest absolute Gasteiger partial charge is 0.549 e. The number of benzene rings is 1. The smallest absolute Gasteiger partial charge is 0.260 e. The van der Waals surface area contributed by atoms with E-state index in [1.807, 2.05) is 24.3 Å². The summed E-state index contributed by atoms with van der Waals surface area (Å²) >= 11 is 2.63. The Bertz CT molecular complexity index is 1130. The molecule has 0 aliphatic heterocycles. The highest BCUT2D eigenvalue weighted by Crippen LogP contribution is 2.36. The van der Waals surface area contributed by atoms with Gasteiger partial charge in [0.05, 0.1) is 23.4 Å². The van der Waals surface area contributed by atoms with Crippen molar-refractivity contribution >= 4 is 50.3 Å². The van der Waals surface area contributed by atoms with E-state index < -0.39 is 5.97 Å². The average Bonchev–Trinajstić information content (AvgIpc) is 3.26. The first-order valence-electron chi connectivity index (χ1n) is 8.78. The summed E-state index contributed by atoms with van der Waals surface area (Å²) in [7, 11) is 1.59. The van der Waals surface area contributed by atoms with E-state index in [9.17, 15) is 14.7 Å². The number of carbonyl (C=O) groups is 1. The van der Waals surface area contributed by atoms with Crippen LogP contribution in [0.2, 0.25) is 0 Å². The Balaban J connectivity index is 1.78. The number of hydrogen-bond acceptors (Lipinski definition) is 7. The number of aryl methyl sites for hydroxylation is 2. The predicted molar refractivity (Wildman–Crippen MR) is 111 cm³/mol. The zero-order chi connectivity index (χ0) is 19.7. The molecular weight excluding hydrogens is 396 g/mol. The standard InChI is InChI=1S/C20H18N2O4S2/c1-26-12-7-5-11(6-8-12)9-15(27-10-16(23)24)18-21-19(25)17-13-3-2-4-14(13)28-20(17)22-18/h5-9H,2-4,10H2,1H3,(H,23,24)(H,21,22,25)/p-1/b15-9-. The maximum atomic E-state index is 12.7. The molecule has 1 aromatic carbocycles. The molecule has 0 atom stereocenters. The molecule has 0 fully saturated rings. The summed E-state index contributed by atoms with van der Waals surface area (Å²) in [5, 5.41) is 11.7. The van der Waals surface area contributed by atoms with Gasteiger partial charge in [-0.25, -0.2) is 4.98 Å². The van der Waals surface area contributed by atoms with Gasteiger partial charge in [-0.15, -0.1) is 23.1 Å². The molecule has 2 heterocycles. The van der Waals surface area contributed by atoms with Crippen molar-refractivity contribution in [3.63, 3.8) is 0 Å². The van der Waals surface area contributed by atoms with Crippen LogP contribution in [0.4, 0.5) is 0 Å². The van der Waals surface area contributed by atoms with Gasteiger partial charge in [0.15, 0.2) is 0 Å². The van der Waals surface area contributed by atoms with Gasteiger partial charge in [-0.3, -0.25) is 4.79 Å². The summed E-state index contributed by atoms with van der Waals surface area (Å²) in [6, 6.07) is 7.34. The van der Waals surface area contributed by atoms with Crippen molar-refractivity contribution in [1.82, 2.24) is 9.97 Å². The number of thiophene rings is 1. The predicted octanol–water partition coefficient (Wildman–Crippen LogP) is 2.46. The third-order valence-electron chi connectivity index (χ3n) is 4.57. The van der Waals surface area contributed by atoms with Crippen molar-refractivity contribution in [3.05, 3.63) is 56.4 Å². The first kappa shape index (κ1) is 18.8. The van der Waals surface area contributed by atoms with Crippen LogP contribution >= 0.6 is 23.1 Å². The summed E-state index contributed by atoms with van der Waals surface area (Å²) in [4.78, 5) is 33.7.